The Balaban J connectivity index is 1.86. The molecule has 0 aliphatic carbocycles. The molecule has 0 radical (unpaired) electrons. The maximum absolute atomic E-state index is 6.00. The predicted molar refractivity (Wildman–Crippen MR) is 67.3 cm³/mol. The summed E-state index contributed by atoms with van der Waals surface area (Å²) in [6, 6.07) is 3.75. The van der Waals surface area contributed by atoms with Crippen LogP contribution in [0.2, 0.25) is 5.02 Å². The van der Waals surface area contributed by atoms with E-state index in [0.717, 1.165) is 36.0 Å². The largest absolute Gasteiger partial charge is 0.317 e. The van der Waals surface area contributed by atoms with Crippen LogP contribution in [0.1, 0.15) is 18.7 Å². The zero-order valence-electron chi connectivity index (χ0n) is 9.56. The number of halogens is 1. The highest BCUT2D eigenvalue weighted by molar-refractivity contribution is 6.30. The average Bonchev–Trinajstić information content (AvgIpc) is 2.73. The lowest BCUT2D eigenvalue weighted by atomic mass is 9.94. The highest BCUT2D eigenvalue weighted by atomic mass is 35.5. The highest BCUT2D eigenvalue weighted by Crippen LogP contribution is 2.18. The van der Waals surface area contributed by atoms with Gasteiger partial charge in [-0.2, -0.15) is 0 Å². The topological polar surface area (TPSA) is 42.2 Å². The van der Waals surface area contributed by atoms with Crippen LogP contribution in [-0.4, -0.2) is 27.7 Å². The smallest absolute Gasteiger partial charge is 0.160 e. The molecular weight excluding hydrogens is 236 g/mol. The fraction of sp³-hybridized carbons (Fsp3) is 0.500. The third-order valence-electron chi connectivity index (χ3n) is 3.37. The lowest BCUT2D eigenvalue weighted by Gasteiger charge is -2.21. The monoisotopic (exact) mass is 250 g/mol. The van der Waals surface area contributed by atoms with Crippen molar-refractivity contribution in [1.29, 1.82) is 0 Å². The van der Waals surface area contributed by atoms with E-state index in [1.807, 2.05) is 22.7 Å². The minimum Gasteiger partial charge on any atom is -0.317 e. The summed E-state index contributed by atoms with van der Waals surface area (Å²) in [4.78, 5) is 0. The van der Waals surface area contributed by atoms with Crippen LogP contribution in [0.3, 0.4) is 0 Å². The zero-order chi connectivity index (χ0) is 11.7. The van der Waals surface area contributed by atoms with E-state index < -0.39 is 0 Å². The number of nitrogens with zero attached hydrogens (tertiary/aromatic N) is 3. The summed E-state index contributed by atoms with van der Waals surface area (Å²) < 4.78 is 2.00. The van der Waals surface area contributed by atoms with Gasteiger partial charge in [-0.1, -0.05) is 11.6 Å². The maximum Gasteiger partial charge on any atom is 0.160 e. The molecule has 1 N–H and O–H groups in total. The van der Waals surface area contributed by atoms with E-state index in [-0.39, 0.29) is 0 Å². The Kier molecular flexibility index (Phi) is 2.99. The van der Waals surface area contributed by atoms with Crippen LogP contribution >= 0.6 is 11.6 Å². The number of rotatable bonds is 2. The molecule has 90 valence electrons. The molecule has 0 atom stereocenters. The summed E-state index contributed by atoms with van der Waals surface area (Å²) in [5, 5.41) is 12.5. The van der Waals surface area contributed by atoms with Crippen LogP contribution < -0.4 is 5.32 Å². The van der Waals surface area contributed by atoms with E-state index in [1.165, 1.54) is 12.8 Å². The fourth-order valence-electron chi connectivity index (χ4n) is 2.40. The molecule has 3 heterocycles. The number of nitrogens with one attached hydrogen (secondary N) is 1. The predicted octanol–water partition coefficient (Wildman–Crippen LogP) is 1.92. The average molecular weight is 251 g/mol. The molecule has 3 rings (SSSR count). The molecule has 0 amide bonds. The molecule has 0 saturated carbocycles. The summed E-state index contributed by atoms with van der Waals surface area (Å²) in [5.41, 5.74) is 0.873. The molecule has 0 bridgehead atoms. The van der Waals surface area contributed by atoms with Crippen LogP contribution in [0.25, 0.3) is 5.65 Å². The Morgan fingerprint density at radius 3 is 2.94 bits per heavy atom. The lowest BCUT2D eigenvalue weighted by Crippen LogP contribution is -2.29. The van der Waals surface area contributed by atoms with Crippen molar-refractivity contribution < 1.29 is 0 Å². The van der Waals surface area contributed by atoms with E-state index in [0.29, 0.717) is 5.92 Å². The van der Waals surface area contributed by atoms with Gasteiger partial charge in [-0.15, -0.1) is 10.2 Å². The van der Waals surface area contributed by atoms with Gasteiger partial charge in [-0.05, 0) is 44.0 Å². The van der Waals surface area contributed by atoms with Gasteiger partial charge in [0.1, 0.15) is 5.82 Å². The quantitative estimate of drug-likeness (QED) is 0.886. The first-order valence-electron chi connectivity index (χ1n) is 6.03. The van der Waals surface area contributed by atoms with Gasteiger partial charge >= 0.3 is 0 Å². The number of hydrogen-bond acceptors (Lipinski definition) is 3. The molecule has 1 aliphatic heterocycles. The van der Waals surface area contributed by atoms with Gasteiger partial charge in [-0.3, -0.25) is 4.40 Å². The van der Waals surface area contributed by atoms with Gasteiger partial charge < -0.3 is 5.32 Å². The van der Waals surface area contributed by atoms with Crippen molar-refractivity contribution in [2.45, 2.75) is 19.3 Å². The standard InChI is InChI=1S/C12H15ClN4/c13-10-1-2-11-15-16-12(17(11)8-10)7-9-3-5-14-6-4-9/h1-2,8-9,14H,3-7H2. The molecule has 0 spiro atoms. The van der Waals surface area contributed by atoms with Crippen molar-refractivity contribution >= 4 is 17.2 Å². The fourth-order valence-corrected chi connectivity index (χ4v) is 2.56. The molecule has 1 saturated heterocycles. The van der Waals surface area contributed by atoms with Crippen molar-refractivity contribution in [3.63, 3.8) is 0 Å². The number of piperidine rings is 1. The molecular formula is C12H15ClN4. The second-order valence-corrected chi connectivity index (χ2v) is 5.03. The second kappa shape index (κ2) is 4.63. The van der Waals surface area contributed by atoms with Gasteiger partial charge in [0.05, 0.1) is 5.02 Å². The Bertz CT molecular complexity index is 516. The van der Waals surface area contributed by atoms with Crippen LogP contribution in [0, 0.1) is 5.92 Å². The maximum atomic E-state index is 6.00. The van der Waals surface area contributed by atoms with Gasteiger partial charge in [0.2, 0.25) is 0 Å². The van der Waals surface area contributed by atoms with Crippen LogP contribution in [0.4, 0.5) is 0 Å². The van der Waals surface area contributed by atoms with Crippen molar-refractivity contribution in [1.82, 2.24) is 19.9 Å². The normalized spacial score (nSPS) is 17.7. The first-order chi connectivity index (χ1) is 8.33. The van der Waals surface area contributed by atoms with Gasteiger partial charge in [0.15, 0.2) is 5.65 Å². The van der Waals surface area contributed by atoms with E-state index >= 15 is 0 Å². The van der Waals surface area contributed by atoms with Crippen LogP contribution in [-0.2, 0) is 6.42 Å². The van der Waals surface area contributed by atoms with Gasteiger partial charge in [-0.25, -0.2) is 0 Å². The minimum absolute atomic E-state index is 0.711. The minimum atomic E-state index is 0.711. The van der Waals surface area contributed by atoms with E-state index in [4.69, 9.17) is 11.6 Å². The van der Waals surface area contributed by atoms with E-state index in [2.05, 4.69) is 15.5 Å². The molecule has 17 heavy (non-hydrogen) atoms. The molecule has 1 aliphatic rings. The van der Waals surface area contributed by atoms with E-state index in [1.54, 1.807) is 0 Å². The number of pyridine rings is 1. The molecule has 0 aromatic carbocycles. The second-order valence-electron chi connectivity index (χ2n) is 4.59. The van der Waals surface area contributed by atoms with E-state index in [9.17, 15) is 0 Å². The number of hydrogen-bond donors (Lipinski definition) is 1. The molecule has 2 aromatic rings. The molecule has 5 heteroatoms. The summed E-state index contributed by atoms with van der Waals surface area (Å²) in [5.74, 6) is 1.73. The Morgan fingerprint density at radius 2 is 2.12 bits per heavy atom. The number of fused-ring (bicyclic) bond motifs is 1. The summed E-state index contributed by atoms with van der Waals surface area (Å²) >= 11 is 6.00. The summed E-state index contributed by atoms with van der Waals surface area (Å²) in [6.07, 6.45) is 5.32. The van der Waals surface area contributed by atoms with Gasteiger partial charge in [0, 0.05) is 12.6 Å². The van der Waals surface area contributed by atoms with Crippen molar-refractivity contribution in [3.8, 4) is 0 Å². The zero-order valence-corrected chi connectivity index (χ0v) is 10.3. The van der Waals surface area contributed by atoms with Crippen LogP contribution in [0.15, 0.2) is 18.3 Å². The molecule has 4 nitrogen and oxygen atoms in total. The third kappa shape index (κ3) is 2.28. The Hall–Kier alpha value is -1.13. The van der Waals surface area contributed by atoms with Crippen molar-refractivity contribution in [2.24, 2.45) is 5.92 Å². The molecule has 0 unspecified atom stereocenters. The Morgan fingerprint density at radius 1 is 1.29 bits per heavy atom. The Labute approximate surface area is 105 Å². The summed E-state index contributed by atoms with van der Waals surface area (Å²) in [6.45, 7) is 2.23. The lowest BCUT2D eigenvalue weighted by molar-refractivity contribution is 0.366. The molecule has 1 fully saturated rings. The van der Waals surface area contributed by atoms with Crippen LogP contribution in [0.5, 0.6) is 0 Å². The van der Waals surface area contributed by atoms with Gasteiger partial charge in [0.25, 0.3) is 0 Å². The summed E-state index contributed by atoms with van der Waals surface area (Å²) in [7, 11) is 0. The number of aromatic nitrogens is 3. The van der Waals surface area contributed by atoms with Crippen molar-refractivity contribution in [3.05, 3.63) is 29.2 Å². The molecule has 2 aromatic heterocycles. The van der Waals surface area contributed by atoms with Crippen molar-refractivity contribution in [2.75, 3.05) is 13.1 Å². The highest BCUT2D eigenvalue weighted by Gasteiger charge is 2.16. The third-order valence-corrected chi connectivity index (χ3v) is 3.59. The SMILES string of the molecule is Clc1ccc2nnc(CC3CCNCC3)n2c1. The first kappa shape index (κ1) is 11.0. The first-order valence-corrected chi connectivity index (χ1v) is 6.40.